The fraction of sp³-hybridized carbons (Fsp3) is 0.750. The molecule has 0 atom stereocenters. The molecular formula is C12H23NO2. The van der Waals surface area contributed by atoms with E-state index in [4.69, 9.17) is 5.11 Å². The number of hydrogen-bond acceptors (Lipinski definition) is 2. The summed E-state index contributed by atoms with van der Waals surface area (Å²) in [7, 11) is 0. The molecule has 2 N–H and O–H groups in total. The number of aliphatic carboxylic acids is 1. The van der Waals surface area contributed by atoms with Gasteiger partial charge in [-0.15, -0.1) is 0 Å². The molecule has 1 aliphatic rings. The summed E-state index contributed by atoms with van der Waals surface area (Å²) in [5, 5.41) is 11.3. The second-order valence-electron chi connectivity index (χ2n) is 3.73. The Morgan fingerprint density at radius 3 is 2.33 bits per heavy atom. The molecule has 0 bridgehead atoms. The third-order valence-electron chi connectivity index (χ3n) is 2.41. The quantitative estimate of drug-likeness (QED) is 0.708. The normalized spacial score (nSPS) is 17.2. The maximum absolute atomic E-state index is 9.51. The molecule has 0 heterocycles. The van der Waals surface area contributed by atoms with Crippen molar-refractivity contribution in [3.63, 3.8) is 0 Å². The largest absolute Gasteiger partial charge is 0.478 e. The second-order valence-corrected chi connectivity index (χ2v) is 3.73. The molecule has 0 unspecified atom stereocenters. The number of carboxylic acids is 1. The van der Waals surface area contributed by atoms with Crippen molar-refractivity contribution < 1.29 is 9.90 Å². The van der Waals surface area contributed by atoms with Crippen molar-refractivity contribution in [1.29, 1.82) is 0 Å². The zero-order chi connectivity index (χ0) is 11.5. The lowest BCUT2D eigenvalue weighted by Crippen LogP contribution is -2.30. The molecule has 1 saturated carbocycles. The minimum Gasteiger partial charge on any atom is -0.478 e. The number of nitrogens with one attached hydrogen (secondary N) is 1. The fourth-order valence-corrected chi connectivity index (χ4v) is 1.74. The molecule has 3 nitrogen and oxygen atoms in total. The topological polar surface area (TPSA) is 49.3 Å². The van der Waals surface area contributed by atoms with Crippen LogP contribution in [0, 0.1) is 0 Å². The van der Waals surface area contributed by atoms with Crippen molar-refractivity contribution in [2.75, 3.05) is 6.54 Å². The van der Waals surface area contributed by atoms with Gasteiger partial charge in [-0.05, 0) is 26.3 Å². The lowest BCUT2D eigenvalue weighted by Gasteiger charge is -2.21. The van der Waals surface area contributed by atoms with E-state index in [9.17, 15) is 4.79 Å². The van der Waals surface area contributed by atoms with Crippen LogP contribution in [0.15, 0.2) is 12.2 Å². The van der Waals surface area contributed by atoms with Crippen LogP contribution in [0.4, 0.5) is 0 Å². The van der Waals surface area contributed by atoms with Gasteiger partial charge in [-0.25, -0.2) is 4.79 Å². The summed E-state index contributed by atoms with van der Waals surface area (Å²) in [6.07, 6.45) is 9.72. The average Bonchev–Trinajstić information content (AvgIpc) is 2.20. The Hall–Kier alpha value is -0.830. The van der Waals surface area contributed by atoms with E-state index in [0.29, 0.717) is 0 Å². The summed E-state index contributed by atoms with van der Waals surface area (Å²) in [5.74, 6) is -0.891. The smallest absolute Gasteiger partial charge is 0.327 e. The first-order valence-corrected chi connectivity index (χ1v) is 5.79. The Morgan fingerprint density at radius 2 is 2.00 bits per heavy atom. The Kier molecular flexibility index (Phi) is 9.18. The summed E-state index contributed by atoms with van der Waals surface area (Å²) in [6, 6.07) is 0.851. The van der Waals surface area contributed by atoms with Crippen LogP contribution in [0.1, 0.15) is 46.0 Å². The average molecular weight is 213 g/mol. The summed E-state index contributed by atoms with van der Waals surface area (Å²) >= 11 is 0. The van der Waals surface area contributed by atoms with Gasteiger partial charge >= 0.3 is 5.97 Å². The number of hydrogen-bond donors (Lipinski definition) is 2. The first-order valence-electron chi connectivity index (χ1n) is 5.79. The van der Waals surface area contributed by atoms with E-state index < -0.39 is 5.97 Å². The Morgan fingerprint density at radius 1 is 1.40 bits per heavy atom. The van der Waals surface area contributed by atoms with E-state index in [-0.39, 0.29) is 0 Å². The van der Waals surface area contributed by atoms with E-state index in [1.165, 1.54) is 38.2 Å². The van der Waals surface area contributed by atoms with E-state index in [2.05, 4.69) is 12.2 Å². The molecule has 88 valence electrons. The van der Waals surface area contributed by atoms with Gasteiger partial charge < -0.3 is 10.4 Å². The molecule has 0 radical (unpaired) electrons. The number of allylic oxidation sites excluding steroid dienone is 1. The number of carboxylic acid groups (broad SMARTS) is 1. The summed E-state index contributed by atoms with van der Waals surface area (Å²) in [6.45, 7) is 4.99. The molecule has 0 amide bonds. The predicted molar refractivity (Wildman–Crippen MR) is 63.0 cm³/mol. The van der Waals surface area contributed by atoms with Crippen molar-refractivity contribution in [3.8, 4) is 0 Å². The first kappa shape index (κ1) is 14.2. The fourth-order valence-electron chi connectivity index (χ4n) is 1.74. The highest BCUT2D eigenvalue weighted by Crippen LogP contribution is 2.16. The molecule has 0 aromatic carbocycles. The molecule has 1 fully saturated rings. The van der Waals surface area contributed by atoms with Gasteiger partial charge in [-0.3, -0.25) is 0 Å². The number of carbonyl (C=O) groups is 1. The van der Waals surface area contributed by atoms with Crippen LogP contribution in [0.2, 0.25) is 0 Å². The minimum absolute atomic E-state index is 0.851. The van der Waals surface area contributed by atoms with Gasteiger partial charge in [0.05, 0.1) is 0 Å². The lowest BCUT2D eigenvalue weighted by atomic mass is 9.96. The molecular weight excluding hydrogens is 190 g/mol. The Labute approximate surface area is 92.6 Å². The van der Waals surface area contributed by atoms with Crippen molar-refractivity contribution >= 4 is 5.97 Å². The third-order valence-corrected chi connectivity index (χ3v) is 2.41. The number of rotatable bonds is 3. The maximum Gasteiger partial charge on any atom is 0.327 e. The lowest BCUT2D eigenvalue weighted by molar-refractivity contribution is -0.131. The zero-order valence-electron chi connectivity index (χ0n) is 9.83. The van der Waals surface area contributed by atoms with Gasteiger partial charge in [0.2, 0.25) is 0 Å². The molecule has 0 aromatic rings. The van der Waals surface area contributed by atoms with Gasteiger partial charge in [0.15, 0.2) is 0 Å². The van der Waals surface area contributed by atoms with Gasteiger partial charge in [0.1, 0.15) is 0 Å². The molecule has 1 aliphatic carbocycles. The van der Waals surface area contributed by atoms with Gasteiger partial charge in [-0.2, -0.15) is 0 Å². The van der Waals surface area contributed by atoms with Crippen LogP contribution in [0.25, 0.3) is 0 Å². The molecule has 3 heteroatoms. The van der Waals surface area contributed by atoms with E-state index in [1.54, 1.807) is 6.92 Å². The summed E-state index contributed by atoms with van der Waals surface area (Å²) < 4.78 is 0. The third kappa shape index (κ3) is 9.47. The second kappa shape index (κ2) is 9.71. The van der Waals surface area contributed by atoms with E-state index in [0.717, 1.165) is 18.7 Å². The van der Waals surface area contributed by atoms with Gasteiger partial charge in [0.25, 0.3) is 0 Å². The van der Waals surface area contributed by atoms with Crippen molar-refractivity contribution in [2.24, 2.45) is 0 Å². The molecule has 0 saturated heterocycles. The first-order chi connectivity index (χ1) is 7.20. The Balaban J connectivity index is 0.000000288. The zero-order valence-corrected chi connectivity index (χ0v) is 9.83. The van der Waals surface area contributed by atoms with Crippen molar-refractivity contribution in [2.45, 2.75) is 52.0 Å². The monoisotopic (exact) mass is 213 g/mol. The maximum atomic E-state index is 9.51. The summed E-state index contributed by atoms with van der Waals surface area (Å²) in [5.41, 5.74) is 0. The molecule has 1 rings (SSSR count). The van der Waals surface area contributed by atoms with E-state index >= 15 is 0 Å². The van der Waals surface area contributed by atoms with Crippen molar-refractivity contribution in [3.05, 3.63) is 12.2 Å². The van der Waals surface area contributed by atoms with Crippen LogP contribution < -0.4 is 5.32 Å². The van der Waals surface area contributed by atoms with Crippen LogP contribution in [-0.4, -0.2) is 23.7 Å². The standard InChI is InChI=1S/C8H17N.C4H6O2/c1-2-9-8-6-4-3-5-7-8;1-2-3-4(5)6/h8-9H,2-7H2,1H3;2-3H,1H3,(H,5,6)/b;3-2+. The molecule has 0 aromatic heterocycles. The minimum atomic E-state index is -0.891. The highest BCUT2D eigenvalue weighted by atomic mass is 16.4. The highest BCUT2D eigenvalue weighted by molar-refractivity contribution is 5.79. The van der Waals surface area contributed by atoms with Gasteiger partial charge in [-0.1, -0.05) is 32.3 Å². The Bertz CT molecular complexity index is 181. The van der Waals surface area contributed by atoms with Crippen LogP contribution in [0.5, 0.6) is 0 Å². The highest BCUT2D eigenvalue weighted by Gasteiger charge is 2.10. The van der Waals surface area contributed by atoms with Crippen molar-refractivity contribution in [1.82, 2.24) is 5.32 Å². The SMILES string of the molecule is C/C=C/C(=O)O.CCNC1CCCCC1. The summed E-state index contributed by atoms with van der Waals surface area (Å²) in [4.78, 5) is 9.51. The van der Waals surface area contributed by atoms with Crippen LogP contribution >= 0.6 is 0 Å². The molecule has 0 spiro atoms. The predicted octanol–water partition coefficient (Wildman–Crippen LogP) is 2.58. The molecule has 0 aliphatic heterocycles. The van der Waals surface area contributed by atoms with Gasteiger partial charge in [0, 0.05) is 12.1 Å². The molecule has 15 heavy (non-hydrogen) atoms. The van der Waals surface area contributed by atoms with Crippen LogP contribution in [-0.2, 0) is 4.79 Å². The van der Waals surface area contributed by atoms with Crippen LogP contribution in [0.3, 0.4) is 0 Å². The van der Waals surface area contributed by atoms with E-state index in [1.807, 2.05) is 0 Å².